The molecule has 4 rings (SSSR count). The summed E-state index contributed by atoms with van der Waals surface area (Å²) >= 11 is 0. The van der Waals surface area contributed by atoms with Crippen LogP contribution in [-0.2, 0) is 33.4 Å². The highest BCUT2D eigenvalue weighted by atomic mass is 16.8. The van der Waals surface area contributed by atoms with Crippen molar-refractivity contribution in [3.8, 4) is 11.1 Å². The Kier molecular flexibility index (Phi) is 13.4. The quantitative estimate of drug-likeness (QED) is 0.0757. The summed E-state index contributed by atoms with van der Waals surface area (Å²) in [6.07, 6.45) is 3.39. The molecule has 2 aromatic carbocycles. The maximum absolute atomic E-state index is 13.1. The minimum absolute atomic E-state index is 0.0247. The normalized spacial score (nSPS) is 15.2. The number of hydroxylamine groups is 2. The van der Waals surface area contributed by atoms with Crippen LogP contribution < -0.4 is 0 Å². The largest absolute Gasteiger partial charge is 0.533 e. The van der Waals surface area contributed by atoms with Crippen molar-refractivity contribution in [3.05, 3.63) is 58.7 Å². The monoisotopic (exact) mass is 637 g/mol. The van der Waals surface area contributed by atoms with E-state index in [4.69, 9.17) is 23.8 Å². The first kappa shape index (κ1) is 34.9. The Labute approximate surface area is 269 Å². The van der Waals surface area contributed by atoms with Crippen molar-refractivity contribution in [1.82, 2.24) is 5.06 Å². The van der Waals surface area contributed by atoms with Gasteiger partial charge in [-0.15, -0.1) is 0 Å². The minimum atomic E-state index is -1.19. The van der Waals surface area contributed by atoms with E-state index in [2.05, 4.69) is 6.92 Å². The van der Waals surface area contributed by atoms with E-state index >= 15 is 0 Å². The Morgan fingerprint density at radius 1 is 0.739 bits per heavy atom. The highest BCUT2D eigenvalue weighted by Gasteiger charge is 2.35. The number of unbranched alkanes of at least 4 members (excludes halogenated alkanes) is 1. The van der Waals surface area contributed by atoms with E-state index in [0.29, 0.717) is 74.9 Å². The van der Waals surface area contributed by atoms with Crippen LogP contribution in [0, 0.1) is 0 Å². The molecule has 1 fully saturated rings. The first-order valence-corrected chi connectivity index (χ1v) is 16.0. The molecule has 1 aliphatic heterocycles. The van der Waals surface area contributed by atoms with Gasteiger partial charge in [0.05, 0.1) is 0 Å². The smallest absolute Gasteiger partial charge is 0.432 e. The molecule has 0 radical (unpaired) electrons. The molecular formula is C35H43NO10. The van der Waals surface area contributed by atoms with E-state index in [0.717, 1.165) is 41.5 Å². The maximum Gasteiger partial charge on any atom is 0.533 e. The van der Waals surface area contributed by atoms with Crippen molar-refractivity contribution >= 4 is 29.5 Å². The standard InChI is InChI=1S/C35H43NO10/c1-3-4-17-43-18-5-8-31(37)24-10-12-26-27-13-11-25(32(38)9-6-19-44-20-7-16-42-2)22-29(27)30(28(26)21-24)23-45-35(41)46-36-33(39)14-15-34(36)40/h10-13,21-22,30H,3-9,14-20,23H2,1-2H3. The third-order valence-electron chi connectivity index (χ3n) is 7.99. The van der Waals surface area contributed by atoms with Gasteiger partial charge in [0, 0.05) is 82.9 Å². The molecule has 11 nitrogen and oxygen atoms in total. The number of Topliss-reactive ketones (excluding diaryl/α,β-unsaturated/α-hetero) is 2. The fourth-order valence-corrected chi connectivity index (χ4v) is 5.51. The van der Waals surface area contributed by atoms with E-state index in [1.165, 1.54) is 0 Å². The van der Waals surface area contributed by atoms with Crippen LogP contribution in [0.2, 0.25) is 0 Å². The molecule has 1 atom stereocenters. The highest BCUT2D eigenvalue weighted by Crippen LogP contribution is 2.46. The number of hydrogen-bond acceptors (Lipinski definition) is 10. The van der Waals surface area contributed by atoms with Gasteiger partial charge in [-0.2, -0.15) is 0 Å². The van der Waals surface area contributed by atoms with Crippen LogP contribution in [0.1, 0.15) is 102 Å². The number of ether oxygens (including phenoxy) is 4. The zero-order valence-corrected chi connectivity index (χ0v) is 26.7. The summed E-state index contributed by atoms with van der Waals surface area (Å²) in [5.74, 6) is -1.80. The molecule has 2 aromatic rings. The number of hydrogen-bond donors (Lipinski definition) is 0. The third-order valence-corrected chi connectivity index (χ3v) is 7.99. The molecule has 0 spiro atoms. The molecule has 2 amide bonds. The maximum atomic E-state index is 13.1. The Morgan fingerprint density at radius 2 is 1.26 bits per heavy atom. The number of ketones is 2. The zero-order chi connectivity index (χ0) is 32.9. The van der Waals surface area contributed by atoms with Crippen molar-refractivity contribution in [1.29, 1.82) is 0 Å². The lowest BCUT2D eigenvalue weighted by molar-refractivity contribution is -0.177. The van der Waals surface area contributed by atoms with Crippen LogP contribution in [-0.4, -0.2) is 81.4 Å². The van der Waals surface area contributed by atoms with Gasteiger partial charge in [-0.05, 0) is 60.1 Å². The van der Waals surface area contributed by atoms with Gasteiger partial charge in [-0.3, -0.25) is 24.0 Å². The van der Waals surface area contributed by atoms with E-state index < -0.39 is 23.9 Å². The average Bonchev–Trinajstić information content (AvgIpc) is 3.55. The van der Waals surface area contributed by atoms with Crippen molar-refractivity contribution in [2.24, 2.45) is 0 Å². The number of methoxy groups -OCH3 is 1. The summed E-state index contributed by atoms with van der Waals surface area (Å²) in [6.45, 7) is 4.76. The first-order chi connectivity index (χ1) is 22.3. The molecule has 11 heteroatoms. The number of imide groups is 1. The molecule has 248 valence electrons. The fourth-order valence-electron chi connectivity index (χ4n) is 5.51. The predicted octanol–water partition coefficient (Wildman–Crippen LogP) is 5.81. The molecule has 0 bridgehead atoms. The van der Waals surface area contributed by atoms with Crippen molar-refractivity contribution in [3.63, 3.8) is 0 Å². The molecule has 0 aromatic heterocycles. The predicted molar refractivity (Wildman–Crippen MR) is 167 cm³/mol. The van der Waals surface area contributed by atoms with Crippen LogP contribution in [0.25, 0.3) is 11.1 Å². The van der Waals surface area contributed by atoms with E-state index in [-0.39, 0.29) is 31.0 Å². The van der Waals surface area contributed by atoms with Gasteiger partial charge in [0.2, 0.25) is 0 Å². The van der Waals surface area contributed by atoms with Gasteiger partial charge in [0.1, 0.15) is 6.61 Å². The number of amides is 2. The lowest BCUT2D eigenvalue weighted by atomic mass is 9.93. The number of nitrogens with zero attached hydrogens (tertiary/aromatic N) is 1. The Balaban J connectivity index is 1.47. The van der Waals surface area contributed by atoms with Gasteiger partial charge < -0.3 is 18.9 Å². The topological polar surface area (TPSA) is 135 Å². The summed E-state index contributed by atoms with van der Waals surface area (Å²) in [7, 11) is 1.64. The second kappa shape index (κ2) is 17.7. The Bertz CT molecular complexity index is 1390. The summed E-state index contributed by atoms with van der Waals surface area (Å²) in [6, 6.07) is 10.9. The van der Waals surface area contributed by atoms with E-state index in [1.807, 2.05) is 18.2 Å². The lowest BCUT2D eigenvalue weighted by Crippen LogP contribution is -2.32. The first-order valence-electron chi connectivity index (χ1n) is 16.0. The highest BCUT2D eigenvalue weighted by molar-refractivity contribution is 6.01. The lowest BCUT2D eigenvalue weighted by Gasteiger charge is -2.17. The third kappa shape index (κ3) is 9.31. The van der Waals surface area contributed by atoms with Crippen molar-refractivity contribution in [2.45, 2.75) is 70.6 Å². The number of rotatable bonds is 20. The molecule has 1 heterocycles. The van der Waals surface area contributed by atoms with Crippen LogP contribution in [0.4, 0.5) is 4.79 Å². The molecule has 2 aliphatic rings. The fraction of sp³-hybridized carbons (Fsp3) is 0.514. The summed E-state index contributed by atoms with van der Waals surface area (Å²) in [5.41, 5.74) is 4.32. The molecule has 0 saturated carbocycles. The number of carbonyl (C=O) groups excluding carboxylic acids is 5. The SMILES string of the molecule is CCCCOCCCC(=O)c1ccc2c(c1)C(COC(=O)ON1C(=O)CCC1=O)c1cc(C(=O)CCCOCCCOC)ccc1-2. The summed E-state index contributed by atoms with van der Waals surface area (Å²) < 4.78 is 21.6. The van der Waals surface area contributed by atoms with Crippen molar-refractivity contribution in [2.75, 3.05) is 46.8 Å². The molecule has 0 N–H and O–H groups in total. The molecule has 1 unspecified atom stereocenters. The van der Waals surface area contributed by atoms with Crippen LogP contribution in [0.15, 0.2) is 36.4 Å². The average molecular weight is 638 g/mol. The number of fused-ring (bicyclic) bond motifs is 3. The molecule has 46 heavy (non-hydrogen) atoms. The van der Waals surface area contributed by atoms with Gasteiger partial charge in [0.15, 0.2) is 11.6 Å². The molecule has 1 aliphatic carbocycles. The van der Waals surface area contributed by atoms with Gasteiger partial charge in [-0.25, -0.2) is 4.79 Å². The number of benzene rings is 2. The minimum Gasteiger partial charge on any atom is -0.432 e. The van der Waals surface area contributed by atoms with E-state index in [1.54, 1.807) is 25.3 Å². The second-order valence-corrected chi connectivity index (χ2v) is 11.4. The zero-order valence-electron chi connectivity index (χ0n) is 26.7. The number of carbonyl (C=O) groups is 5. The second-order valence-electron chi connectivity index (χ2n) is 11.4. The van der Waals surface area contributed by atoms with Crippen molar-refractivity contribution < 1.29 is 47.8 Å². The summed E-state index contributed by atoms with van der Waals surface area (Å²) in [5, 5.41) is 0.430. The van der Waals surface area contributed by atoms with Gasteiger partial charge in [-0.1, -0.05) is 42.7 Å². The van der Waals surface area contributed by atoms with Gasteiger partial charge in [0.25, 0.3) is 11.8 Å². The Morgan fingerprint density at radius 3 is 1.78 bits per heavy atom. The summed E-state index contributed by atoms with van der Waals surface area (Å²) in [4.78, 5) is 67.4. The van der Waals surface area contributed by atoms with Crippen LogP contribution in [0.3, 0.4) is 0 Å². The van der Waals surface area contributed by atoms with Gasteiger partial charge >= 0.3 is 6.16 Å². The van der Waals surface area contributed by atoms with Crippen LogP contribution >= 0.6 is 0 Å². The van der Waals surface area contributed by atoms with Crippen LogP contribution in [0.5, 0.6) is 0 Å². The van der Waals surface area contributed by atoms with E-state index in [9.17, 15) is 24.0 Å². The molecular weight excluding hydrogens is 594 g/mol. The molecule has 1 saturated heterocycles. The Hall–Kier alpha value is -3.93.